The van der Waals surface area contributed by atoms with Gasteiger partial charge < -0.3 is 10.1 Å². The van der Waals surface area contributed by atoms with Crippen LogP contribution < -0.4 is 5.32 Å². The maximum absolute atomic E-state index is 12.8. The maximum Gasteiger partial charge on any atom is 0.338 e. The zero-order valence-electron chi connectivity index (χ0n) is 15.0. The molecule has 2 aromatic carbocycles. The number of benzene rings is 2. The lowest BCUT2D eigenvalue weighted by molar-refractivity contribution is -0.119. The van der Waals surface area contributed by atoms with Gasteiger partial charge in [-0.05, 0) is 30.7 Å². The fraction of sp³-hybridized carbons (Fsp3) is 0.190. The van der Waals surface area contributed by atoms with Gasteiger partial charge in [0, 0.05) is 17.4 Å². The number of aromatic nitrogens is 1. The lowest BCUT2D eigenvalue weighted by Crippen LogP contribution is -2.30. The largest absolute Gasteiger partial charge is 0.460 e. The highest BCUT2D eigenvalue weighted by molar-refractivity contribution is 6.49. The Morgan fingerprint density at radius 1 is 1.14 bits per heavy atom. The van der Waals surface area contributed by atoms with Gasteiger partial charge in [-0.2, -0.15) is 0 Å². The zero-order valence-corrected chi connectivity index (χ0v) is 17.3. The number of nitrogens with one attached hydrogen (secondary N) is 1. The van der Waals surface area contributed by atoms with E-state index < -0.39 is 5.97 Å². The molecule has 1 atom stereocenters. The average molecular weight is 450 g/mol. The van der Waals surface area contributed by atoms with Crippen molar-refractivity contribution in [2.45, 2.75) is 18.9 Å². The first-order valence-corrected chi connectivity index (χ1v) is 10.1. The SMILES string of the molecule is O=C1CCC(COC(=O)c2cc(-c3ccc(Cl)c(Cl)c3Cl)nc3ccccc23)N1. The molecular weight excluding hydrogens is 435 g/mol. The molecule has 4 rings (SSSR count). The van der Waals surface area contributed by atoms with Crippen LogP contribution in [0.5, 0.6) is 0 Å². The number of nitrogens with zero attached hydrogens (tertiary/aromatic N) is 1. The molecule has 1 N–H and O–H groups in total. The summed E-state index contributed by atoms with van der Waals surface area (Å²) in [7, 11) is 0. The molecule has 0 bridgehead atoms. The molecule has 1 aromatic heterocycles. The van der Waals surface area contributed by atoms with Crippen LogP contribution in [0.2, 0.25) is 15.1 Å². The Morgan fingerprint density at radius 2 is 1.93 bits per heavy atom. The maximum atomic E-state index is 12.8. The minimum absolute atomic E-state index is 0.0306. The molecule has 1 fully saturated rings. The standard InChI is InChI=1S/C21H15Cl3N2O3/c22-15-7-6-13(19(23)20(15)24)17-9-14(12-3-1-2-4-16(12)26-17)21(28)29-10-11-5-8-18(27)25-11/h1-4,6-7,9,11H,5,8,10H2,(H,25,27). The Kier molecular flexibility index (Phi) is 5.63. The molecule has 148 valence electrons. The first-order valence-electron chi connectivity index (χ1n) is 8.94. The Morgan fingerprint density at radius 3 is 2.69 bits per heavy atom. The lowest BCUT2D eigenvalue weighted by Gasteiger charge is -2.14. The fourth-order valence-electron chi connectivity index (χ4n) is 3.26. The van der Waals surface area contributed by atoms with E-state index in [0.29, 0.717) is 45.6 Å². The van der Waals surface area contributed by atoms with E-state index in [4.69, 9.17) is 39.5 Å². The number of hydrogen-bond donors (Lipinski definition) is 1. The van der Waals surface area contributed by atoms with E-state index in [0.717, 1.165) is 0 Å². The molecule has 1 unspecified atom stereocenters. The molecule has 0 saturated carbocycles. The molecule has 5 nitrogen and oxygen atoms in total. The van der Waals surface area contributed by atoms with Gasteiger partial charge in [0.2, 0.25) is 5.91 Å². The number of fused-ring (bicyclic) bond motifs is 1. The van der Waals surface area contributed by atoms with Gasteiger partial charge in [0.1, 0.15) is 6.61 Å². The second kappa shape index (κ2) is 8.19. The third-order valence-corrected chi connectivity index (χ3v) is 6.04. The first kappa shape index (κ1) is 20.0. The molecule has 29 heavy (non-hydrogen) atoms. The third-order valence-electron chi connectivity index (χ3n) is 4.75. The smallest absolute Gasteiger partial charge is 0.338 e. The Bertz CT molecular complexity index is 1130. The van der Waals surface area contributed by atoms with Crippen LogP contribution in [0.25, 0.3) is 22.2 Å². The van der Waals surface area contributed by atoms with Gasteiger partial charge in [-0.25, -0.2) is 9.78 Å². The van der Waals surface area contributed by atoms with Gasteiger partial charge in [0.15, 0.2) is 0 Å². The zero-order chi connectivity index (χ0) is 20.5. The summed E-state index contributed by atoms with van der Waals surface area (Å²) in [6.45, 7) is 0.115. The fourth-order valence-corrected chi connectivity index (χ4v) is 3.89. The number of ether oxygens (including phenoxy) is 1. The van der Waals surface area contributed by atoms with Gasteiger partial charge in [-0.3, -0.25) is 4.79 Å². The number of esters is 1. The summed E-state index contributed by atoms with van der Waals surface area (Å²) >= 11 is 18.6. The van der Waals surface area contributed by atoms with Crippen molar-refractivity contribution in [1.29, 1.82) is 0 Å². The summed E-state index contributed by atoms with van der Waals surface area (Å²) in [6.07, 6.45) is 1.09. The number of pyridine rings is 1. The van der Waals surface area contributed by atoms with E-state index in [-0.39, 0.29) is 28.6 Å². The molecule has 2 heterocycles. The topological polar surface area (TPSA) is 68.3 Å². The molecule has 1 saturated heterocycles. The summed E-state index contributed by atoms with van der Waals surface area (Å²) in [5.74, 6) is -0.529. The number of carbonyl (C=O) groups is 2. The van der Waals surface area contributed by atoms with E-state index in [1.807, 2.05) is 12.1 Å². The average Bonchev–Trinajstić information content (AvgIpc) is 3.14. The van der Waals surface area contributed by atoms with E-state index in [2.05, 4.69) is 10.3 Å². The third kappa shape index (κ3) is 4.04. The molecule has 8 heteroatoms. The van der Waals surface area contributed by atoms with Crippen LogP contribution in [-0.2, 0) is 9.53 Å². The van der Waals surface area contributed by atoms with E-state index in [1.54, 1.807) is 30.3 Å². The predicted octanol–water partition coefficient (Wildman–Crippen LogP) is 5.30. The number of amides is 1. The van der Waals surface area contributed by atoms with Crippen molar-refractivity contribution in [2.75, 3.05) is 6.61 Å². The molecule has 0 aliphatic carbocycles. The van der Waals surface area contributed by atoms with E-state index in [9.17, 15) is 9.59 Å². The summed E-state index contributed by atoms with van der Waals surface area (Å²) < 4.78 is 5.47. The molecule has 0 spiro atoms. The Balaban J connectivity index is 1.72. The summed E-state index contributed by atoms with van der Waals surface area (Å²) in [5, 5.41) is 4.26. The number of halogens is 3. The number of hydrogen-bond acceptors (Lipinski definition) is 4. The van der Waals surface area contributed by atoms with Crippen molar-refractivity contribution in [3.05, 3.63) is 63.1 Å². The normalized spacial score (nSPS) is 16.1. The van der Waals surface area contributed by atoms with E-state index in [1.165, 1.54) is 0 Å². The quantitative estimate of drug-likeness (QED) is 0.434. The highest BCUT2D eigenvalue weighted by Crippen LogP contribution is 2.38. The summed E-state index contributed by atoms with van der Waals surface area (Å²) in [4.78, 5) is 28.8. The Hall–Kier alpha value is -2.34. The second-order valence-corrected chi connectivity index (χ2v) is 7.86. The van der Waals surface area contributed by atoms with Crippen LogP contribution in [0.15, 0.2) is 42.5 Å². The van der Waals surface area contributed by atoms with Gasteiger partial charge >= 0.3 is 5.97 Å². The van der Waals surface area contributed by atoms with Crippen molar-refractivity contribution < 1.29 is 14.3 Å². The summed E-state index contributed by atoms with van der Waals surface area (Å²) in [5.41, 5.74) is 2.02. The van der Waals surface area contributed by atoms with Gasteiger partial charge in [-0.1, -0.05) is 53.0 Å². The monoisotopic (exact) mass is 448 g/mol. The molecule has 1 aliphatic heterocycles. The highest BCUT2D eigenvalue weighted by Gasteiger charge is 2.23. The molecule has 1 amide bonds. The van der Waals surface area contributed by atoms with Crippen LogP contribution in [-0.4, -0.2) is 29.5 Å². The number of carbonyl (C=O) groups excluding carboxylic acids is 2. The highest BCUT2D eigenvalue weighted by atomic mass is 35.5. The van der Waals surface area contributed by atoms with Gasteiger partial charge in [-0.15, -0.1) is 0 Å². The van der Waals surface area contributed by atoms with Crippen molar-refractivity contribution in [1.82, 2.24) is 10.3 Å². The van der Waals surface area contributed by atoms with Crippen LogP contribution in [0, 0.1) is 0 Å². The van der Waals surface area contributed by atoms with Crippen LogP contribution in [0.1, 0.15) is 23.2 Å². The van der Waals surface area contributed by atoms with Gasteiger partial charge in [0.25, 0.3) is 0 Å². The van der Waals surface area contributed by atoms with Gasteiger partial charge in [0.05, 0.1) is 37.9 Å². The second-order valence-electron chi connectivity index (χ2n) is 6.70. The summed E-state index contributed by atoms with van der Waals surface area (Å²) in [6, 6.07) is 12.1. The van der Waals surface area contributed by atoms with E-state index >= 15 is 0 Å². The lowest BCUT2D eigenvalue weighted by atomic mass is 10.0. The van der Waals surface area contributed by atoms with Crippen molar-refractivity contribution in [2.24, 2.45) is 0 Å². The van der Waals surface area contributed by atoms with Crippen LogP contribution in [0.4, 0.5) is 0 Å². The van der Waals surface area contributed by atoms with Crippen LogP contribution in [0.3, 0.4) is 0 Å². The molecule has 1 aliphatic rings. The molecule has 0 radical (unpaired) electrons. The predicted molar refractivity (Wildman–Crippen MR) is 114 cm³/mol. The van der Waals surface area contributed by atoms with Crippen molar-refractivity contribution >= 4 is 57.6 Å². The van der Waals surface area contributed by atoms with Crippen molar-refractivity contribution in [3.63, 3.8) is 0 Å². The van der Waals surface area contributed by atoms with Crippen LogP contribution >= 0.6 is 34.8 Å². The first-order chi connectivity index (χ1) is 13.9. The molecule has 3 aromatic rings. The molecular formula is C21H15Cl3N2O3. The number of para-hydroxylation sites is 1. The Labute approximate surface area is 181 Å². The van der Waals surface area contributed by atoms with Crippen molar-refractivity contribution in [3.8, 4) is 11.3 Å². The number of rotatable bonds is 4. The minimum Gasteiger partial charge on any atom is -0.460 e. The minimum atomic E-state index is -0.498.